The average molecular weight is 352 g/mol. The van der Waals surface area contributed by atoms with Crippen LogP contribution in [-0.4, -0.2) is 22.3 Å². The van der Waals surface area contributed by atoms with Gasteiger partial charge < -0.3 is 10.6 Å². The average Bonchev–Trinajstić information content (AvgIpc) is 3.18. The van der Waals surface area contributed by atoms with Crippen LogP contribution in [0.1, 0.15) is 51.1 Å². The molecule has 1 saturated heterocycles. The molecule has 2 aromatic rings. The predicted octanol–water partition coefficient (Wildman–Crippen LogP) is 3.62. The Bertz CT molecular complexity index is 701. The Labute approximate surface area is 147 Å². The maximum atomic E-state index is 12.8. The van der Waals surface area contributed by atoms with Crippen molar-refractivity contribution in [2.24, 2.45) is 5.73 Å². The first-order valence-electron chi connectivity index (χ1n) is 7.63. The van der Waals surface area contributed by atoms with E-state index >= 15 is 0 Å². The lowest BCUT2D eigenvalue weighted by molar-refractivity contribution is 0.0730. The van der Waals surface area contributed by atoms with Gasteiger partial charge in [0.1, 0.15) is 10.7 Å². The van der Waals surface area contributed by atoms with Gasteiger partial charge in [-0.3, -0.25) is 4.79 Å². The number of carbonyl (C=O) groups excluding carboxylic acids is 1. The summed E-state index contributed by atoms with van der Waals surface area (Å²) in [4.78, 5) is 19.1. The van der Waals surface area contributed by atoms with Crippen LogP contribution >= 0.6 is 23.7 Å². The standard InChI is InChI=1S/C17H21N3OS.ClH/c1-11-5-3-6-13(12(11)2)15-7-4-8-20(15)17(21)14-10-22-16(9-18)19-14;/h3,5-6,10,15H,4,7-9,18H2,1-2H3;1H. The number of carbonyl (C=O) groups is 1. The Hall–Kier alpha value is -1.43. The minimum Gasteiger partial charge on any atom is -0.330 e. The summed E-state index contributed by atoms with van der Waals surface area (Å²) in [5.74, 6) is 0.0272. The number of nitrogens with two attached hydrogens (primary N) is 1. The molecule has 1 aliphatic rings. The Morgan fingerprint density at radius 1 is 1.43 bits per heavy atom. The lowest BCUT2D eigenvalue weighted by Gasteiger charge is -2.26. The summed E-state index contributed by atoms with van der Waals surface area (Å²) < 4.78 is 0. The van der Waals surface area contributed by atoms with Gasteiger partial charge in [0.05, 0.1) is 6.04 Å². The molecule has 2 N–H and O–H groups in total. The van der Waals surface area contributed by atoms with Crippen molar-refractivity contribution in [2.75, 3.05) is 6.54 Å². The Morgan fingerprint density at radius 3 is 2.91 bits per heavy atom. The summed E-state index contributed by atoms with van der Waals surface area (Å²) in [6.45, 7) is 5.44. The third-order valence-electron chi connectivity index (χ3n) is 4.46. The van der Waals surface area contributed by atoms with Crippen molar-refractivity contribution < 1.29 is 4.79 Å². The molecule has 0 saturated carbocycles. The number of hydrogen-bond acceptors (Lipinski definition) is 4. The molecule has 0 spiro atoms. The maximum Gasteiger partial charge on any atom is 0.273 e. The van der Waals surface area contributed by atoms with Crippen LogP contribution in [0.15, 0.2) is 23.6 Å². The summed E-state index contributed by atoms with van der Waals surface area (Å²) in [6.07, 6.45) is 2.06. The third kappa shape index (κ3) is 3.42. The van der Waals surface area contributed by atoms with Gasteiger partial charge in [-0.2, -0.15) is 0 Å². The number of rotatable bonds is 3. The van der Waals surface area contributed by atoms with E-state index in [9.17, 15) is 4.79 Å². The van der Waals surface area contributed by atoms with Crippen molar-refractivity contribution in [3.05, 3.63) is 51.0 Å². The number of nitrogens with zero attached hydrogens (tertiary/aromatic N) is 2. The predicted molar refractivity (Wildman–Crippen MR) is 96.2 cm³/mol. The van der Waals surface area contributed by atoms with E-state index in [1.54, 1.807) is 0 Å². The van der Waals surface area contributed by atoms with Crippen LogP contribution in [0.4, 0.5) is 0 Å². The minimum absolute atomic E-state index is 0. The molecule has 0 radical (unpaired) electrons. The molecule has 1 aliphatic heterocycles. The molecule has 4 nitrogen and oxygen atoms in total. The molecule has 1 aromatic heterocycles. The van der Waals surface area contributed by atoms with E-state index in [0.29, 0.717) is 12.2 Å². The molecule has 3 rings (SSSR count). The highest BCUT2D eigenvalue weighted by atomic mass is 35.5. The first-order chi connectivity index (χ1) is 10.6. The number of thiazole rings is 1. The van der Waals surface area contributed by atoms with Crippen molar-refractivity contribution >= 4 is 29.7 Å². The summed E-state index contributed by atoms with van der Waals surface area (Å²) >= 11 is 1.46. The van der Waals surface area contributed by atoms with Gasteiger partial charge in [-0.05, 0) is 43.4 Å². The SMILES string of the molecule is Cc1cccc(C2CCCN2C(=O)c2csc(CN)n2)c1C.Cl. The zero-order valence-electron chi connectivity index (χ0n) is 13.4. The molecule has 124 valence electrons. The van der Waals surface area contributed by atoms with Gasteiger partial charge in [0.15, 0.2) is 0 Å². The van der Waals surface area contributed by atoms with E-state index in [4.69, 9.17) is 5.73 Å². The number of amides is 1. The summed E-state index contributed by atoms with van der Waals surface area (Å²) in [5, 5.41) is 2.63. The summed E-state index contributed by atoms with van der Waals surface area (Å²) in [5.41, 5.74) is 9.95. The molecule has 1 atom stereocenters. The first-order valence-corrected chi connectivity index (χ1v) is 8.51. The van der Waals surface area contributed by atoms with Gasteiger partial charge >= 0.3 is 0 Å². The number of aryl methyl sites for hydroxylation is 1. The molecule has 1 amide bonds. The highest BCUT2D eigenvalue weighted by Gasteiger charge is 2.32. The number of hydrogen-bond donors (Lipinski definition) is 1. The van der Waals surface area contributed by atoms with E-state index in [2.05, 4.69) is 37.0 Å². The van der Waals surface area contributed by atoms with Gasteiger partial charge in [-0.25, -0.2) is 4.98 Å². The quantitative estimate of drug-likeness (QED) is 0.918. The van der Waals surface area contributed by atoms with Gasteiger partial charge in [-0.1, -0.05) is 18.2 Å². The number of benzene rings is 1. The minimum atomic E-state index is 0. The van der Waals surface area contributed by atoms with Crippen LogP contribution in [0.2, 0.25) is 0 Å². The Morgan fingerprint density at radius 2 is 2.22 bits per heavy atom. The number of aromatic nitrogens is 1. The van der Waals surface area contributed by atoms with Crippen molar-refractivity contribution in [2.45, 2.75) is 39.3 Å². The zero-order chi connectivity index (χ0) is 15.7. The number of halogens is 1. The van der Waals surface area contributed by atoms with Crippen molar-refractivity contribution in [1.82, 2.24) is 9.88 Å². The topological polar surface area (TPSA) is 59.2 Å². The van der Waals surface area contributed by atoms with E-state index in [1.807, 2.05) is 10.3 Å². The van der Waals surface area contributed by atoms with Crippen molar-refractivity contribution in [3.63, 3.8) is 0 Å². The van der Waals surface area contributed by atoms with Crippen molar-refractivity contribution in [3.8, 4) is 0 Å². The highest BCUT2D eigenvalue weighted by molar-refractivity contribution is 7.09. The highest BCUT2D eigenvalue weighted by Crippen LogP contribution is 2.35. The van der Waals surface area contributed by atoms with E-state index in [-0.39, 0.29) is 24.4 Å². The molecular weight excluding hydrogens is 330 g/mol. The van der Waals surface area contributed by atoms with Gasteiger partial charge in [-0.15, -0.1) is 23.7 Å². The van der Waals surface area contributed by atoms with Crippen LogP contribution in [0.25, 0.3) is 0 Å². The molecule has 1 unspecified atom stereocenters. The molecule has 23 heavy (non-hydrogen) atoms. The Balaban J connectivity index is 0.00000192. The summed E-state index contributed by atoms with van der Waals surface area (Å²) in [7, 11) is 0. The van der Waals surface area contributed by atoms with E-state index in [0.717, 1.165) is 24.4 Å². The molecule has 2 heterocycles. The monoisotopic (exact) mass is 351 g/mol. The fraction of sp³-hybridized carbons (Fsp3) is 0.412. The molecule has 1 fully saturated rings. The molecule has 6 heteroatoms. The lowest BCUT2D eigenvalue weighted by atomic mass is 9.96. The molecule has 1 aromatic carbocycles. The second-order valence-corrected chi connectivity index (χ2v) is 6.72. The second kappa shape index (κ2) is 7.43. The largest absolute Gasteiger partial charge is 0.330 e. The van der Waals surface area contributed by atoms with E-state index < -0.39 is 0 Å². The van der Waals surface area contributed by atoms with Crippen LogP contribution in [0.5, 0.6) is 0 Å². The van der Waals surface area contributed by atoms with Gasteiger partial charge in [0.2, 0.25) is 0 Å². The van der Waals surface area contributed by atoms with Gasteiger partial charge in [0, 0.05) is 18.5 Å². The fourth-order valence-electron chi connectivity index (χ4n) is 3.12. The van der Waals surface area contributed by atoms with Crippen LogP contribution < -0.4 is 5.73 Å². The smallest absolute Gasteiger partial charge is 0.273 e. The van der Waals surface area contributed by atoms with Crippen LogP contribution in [0, 0.1) is 13.8 Å². The molecule has 0 bridgehead atoms. The lowest BCUT2D eigenvalue weighted by Crippen LogP contribution is -2.31. The second-order valence-electron chi connectivity index (χ2n) is 5.78. The zero-order valence-corrected chi connectivity index (χ0v) is 15.0. The normalized spacial score (nSPS) is 17.2. The summed E-state index contributed by atoms with van der Waals surface area (Å²) in [6, 6.07) is 6.50. The van der Waals surface area contributed by atoms with Gasteiger partial charge in [0.25, 0.3) is 5.91 Å². The van der Waals surface area contributed by atoms with Crippen molar-refractivity contribution in [1.29, 1.82) is 0 Å². The van der Waals surface area contributed by atoms with E-state index in [1.165, 1.54) is 28.0 Å². The fourth-order valence-corrected chi connectivity index (χ4v) is 3.77. The first kappa shape index (κ1) is 17.9. The molecular formula is C17H22ClN3OS. The third-order valence-corrected chi connectivity index (χ3v) is 5.34. The van der Waals surface area contributed by atoms with Crippen LogP contribution in [0.3, 0.4) is 0 Å². The maximum absolute atomic E-state index is 12.8. The molecule has 0 aliphatic carbocycles. The van der Waals surface area contributed by atoms with Crippen LogP contribution in [-0.2, 0) is 6.54 Å². The Kier molecular flexibility index (Phi) is 5.79. The number of likely N-dealkylation sites (tertiary alicyclic amines) is 1.